The molecule has 0 fully saturated rings. The van der Waals surface area contributed by atoms with Gasteiger partial charge < -0.3 is 0 Å². The molecule has 1 aromatic heterocycles. The molecule has 0 saturated carbocycles. The van der Waals surface area contributed by atoms with E-state index in [1.165, 1.54) is 6.07 Å². The molecule has 0 aliphatic carbocycles. The Hall–Kier alpha value is -0.720. The third-order valence-electron chi connectivity index (χ3n) is 1.68. The quantitative estimate of drug-likeness (QED) is 0.798. The van der Waals surface area contributed by atoms with Gasteiger partial charge in [-0.2, -0.15) is 0 Å². The molecule has 1 heterocycles. The summed E-state index contributed by atoms with van der Waals surface area (Å²) < 4.78 is 22.1. The number of hydrogen-bond acceptors (Lipinski definition) is 4. The Balaban J connectivity index is 3.25. The van der Waals surface area contributed by atoms with Crippen LogP contribution >= 0.6 is 11.3 Å². The summed E-state index contributed by atoms with van der Waals surface area (Å²) in [6.07, 6.45) is 0. The SMILES string of the molecule is CC(C)C(=O)c1ccsc1S(N)(=O)=O. The van der Waals surface area contributed by atoms with Crippen LogP contribution in [0.2, 0.25) is 0 Å². The molecular weight excluding hydrogens is 222 g/mol. The Morgan fingerprint density at radius 3 is 2.50 bits per heavy atom. The summed E-state index contributed by atoms with van der Waals surface area (Å²) in [6.45, 7) is 3.43. The lowest BCUT2D eigenvalue weighted by molar-refractivity contribution is 0.0937. The van der Waals surface area contributed by atoms with E-state index in [2.05, 4.69) is 0 Å². The van der Waals surface area contributed by atoms with Crippen molar-refractivity contribution >= 4 is 27.1 Å². The molecule has 0 aliphatic rings. The number of sulfonamides is 1. The third kappa shape index (κ3) is 2.20. The molecule has 0 aliphatic heterocycles. The highest BCUT2D eigenvalue weighted by molar-refractivity contribution is 7.91. The first kappa shape index (κ1) is 11.4. The zero-order valence-electron chi connectivity index (χ0n) is 7.85. The predicted molar refractivity (Wildman–Crippen MR) is 54.9 cm³/mol. The van der Waals surface area contributed by atoms with Crippen LogP contribution < -0.4 is 5.14 Å². The standard InChI is InChI=1S/C8H11NO3S2/c1-5(2)7(10)6-3-4-13-8(6)14(9,11)12/h3-5H,1-2H3,(H2,9,11,12). The molecule has 2 N–H and O–H groups in total. The molecule has 78 valence electrons. The van der Waals surface area contributed by atoms with Crippen LogP contribution in [0.15, 0.2) is 15.7 Å². The number of Topliss-reactive ketones (excluding diaryl/α,β-unsaturated/α-hetero) is 1. The van der Waals surface area contributed by atoms with Crippen molar-refractivity contribution in [3.8, 4) is 0 Å². The summed E-state index contributed by atoms with van der Waals surface area (Å²) in [5, 5.41) is 6.52. The van der Waals surface area contributed by atoms with Crippen molar-refractivity contribution in [1.82, 2.24) is 0 Å². The van der Waals surface area contributed by atoms with Gasteiger partial charge in [0.1, 0.15) is 4.21 Å². The van der Waals surface area contributed by atoms with E-state index in [1.807, 2.05) is 0 Å². The molecule has 0 atom stereocenters. The highest BCUT2D eigenvalue weighted by atomic mass is 32.2. The maximum atomic E-state index is 11.6. The topological polar surface area (TPSA) is 77.2 Å². The van der Waals surface area contributed by atoms with Gasteiger partial charge in [0.2, 0.25) is 10.0 Å². The van der Waals surface area contributed by atoms with Crippen molar-refractivity contribution in [2.45, 2.75) is 18.1 Å². The Bertz CT molecular complexity index is 445. The van der Waals surface area contributed by atoms with Gasteiger partial charge in [-0.25, -0.2) is 13.6 Å². The van der Waals surface area contributed by atoms with Crippen LogP contribution in [-0.4, -0.2) is 14.2 Å². The first-order chi connectivity index (χ1) is 6.34. The number of rotatable bonds is 3. The maximum absolute atomic E-state index is 11.6. The summed E-state index contributed by atoms with van der Waals surface area (Å²) in [4.78, 5) is 11.6. The van der Waals surface area contributed by atoms with E-state index in [0.717, 1.165) is 11.3 Å². The number of carbonyl (C=O) groups excluding carboxylic acids is 1. The molecule has 14 heavy (non-hydrogen) atoms. The summed E-state index contributed by atoms with van der Waals surface area (Å²) in [7, 11) is -3.77. The Morgan fingerprint density at radius 1 is 1.50 bits per heavy atom. The Kier molecular flexibility index (Phi) is 3.08. The van der Waals surface area contributed by atoms with Crippen molar-refractivity contribution in [3.05, 3.63) is 17.0 Å². The number of nitrogens with two attached hydrogens (primary N) is 1. The fraction of sp³-hybridized carbons (Fsp3) is 0.375. The third-order valence-corrected chi connectivity index (χ3v) is 4.11. The molecule has 0 aromatic carbocycles. The molecule has 0 bridgehead atoms. The minimum absolute atomic E-state index is 0.0452. The van der Waals surface area contributed by atoms with E-state index in [9.17, 15) is 13.2 Å². The van der Waals surface area contributed by atoms with Gasteiger partial charge in [-0.05, 0) is 11.4 Å². The van der Waals surface area contributed by atoms with Gasteiger partial charge in [0.05, 0.1) is 0 Å². The van der Waals surface area contributed by atoms with Crippen molar-refractivity contribution < 1.29 is 13.2 Å². The molecule has 0 unspecified atom stereocenters. The Labute approximate surface area is 86.8 Å². The molecule has 1 rings (SSSR count). The summed E-state index contributed by atoms with van der Waals surface area (Å²) >= 11 is 0.968. The second-order valence-electron chi connectivity index (χ2n) is 3.19. The van der Waals surface area contributed by atoms with E-state index >= 15 is 0 Å². The van der Waals surface area contributed by atoms with Crippen LogP contribution in [0.4, 0.5) is 0 Å². The largest absolute Gasteiger partial charge is 0.294 e. The van der Waals surface area contributed by atoms with Gasteiger partial charge >= 0.3 is 0 Å². The fourth-order valence-electron chi connectivity index (χ4n) is 1.01. The van der Waals surface area contributed by atoms with E-state index < -0.39 is 10.0 Å². The van der Waals surface area contributed by atoms with Crippen molar-refractivity contribution in [2.24, 2.45) is 11.1 Å². The van der Waals surface area contributed by atoms with Crippen molar-refractivity contribution in [2.75, 3.05) is 0 Å². The first-order valence-corrected chi connectivity index (χ1v) is 6.41. The lowest BCUT2D eigenvalue weighted by atomic mass is 10.0. The molecule has 1 aromatic rings. The number of ketones is 1. The Morgan fingerprint density at radius 2 is 2.07 bits per heavy atom. The molecule has 0 saturated heterocycles. The average molecular weight is 233 g/mol. The van der Waals surface area contributed by atoms with Crippen LogP contribution in [-0.2, 0) is 10.0 Å². The van der Waals surface area contributed by atoms with Gasteiger partial charge in [0.15, 0.2) is 5.78 Å². The van der Waals surface area contributed by atoms with E-state index in [-0.39, 0.29) is 21.5 Å². The van der Waals surface area contributed by atoms with Gasteiger partial charge in [0.25, 0.3) is 0 Å². The van der Waals surface area contributed by atoms with Gasteiger partial charge in [-0.15, -0.1) is 11.3 Å². The molecule has 6 heteroatoms. The van der Waals surface area contributed by atoms with Crippen molar-refractivity contribution in [3.63, 3.8) is 0 Å². The van der Waals surface area contributed by atoms with Crippen LogP contribution in [0.5, 0.6) is 0 Å². The minimum atomic E-state index is -3.77. The first-order valence-electron chi connectivity index (χ1n) is 3.98. The summed E-state index contributed by atoms with van der Waals surface area (Å²) in [5.74, 6) is -0.430. The van der Waals surface area contributed by atoms with Gasteiger partial charge in [-0.1, -0.05) is 13.8 Å². The predicted octanol–water partition coefficient (Wildman–Crippen LogP) is 1.23. The average Bonchev–Trinajstić information content (AvgIpc) is 2.48. The smallest absolute Gasteiger partial charge is 0.248 e. The zero-order valence-corrected chi connectivity index (χ0v) is 9.48. The number of primary sulfonamides is 1. The van der Waals surface area contributed by atoms with Crippen LogP contribution in [0, 0.1) is 5.92 Å². The zero-order chi connectivity index (χ0) is 10.9. The maximum Gasteiger partial charge on any atom is 0.248 e. The number of hydrogen-bond donors (Lipinski definition) is 1. The van der Waals surface area contributed by atoms with E-state index in [4.69, 9.17) is 5.14 Å². The molecular formula is C8H11NO3S2. The lowest BCUT2D eigenvalue weighted by Crippen LogP contribution is -2.16. The van der Waals surface area contributed by atoms with Crippen LogP contribution in [0.25, 0.3) is 0 Å². The molecule has 0 spiro atoms. The van der Waals surface area contributed by atoms with Crippen molar-refractivity contribution in [1.29, 1.82) is 0 Å². The summed E-state index contributed by atoms with van der Waals surface area (Å²) in [6, 6.07) is 1.49. The second-order valence-corrected chi connectivity index (χ2v) is 5.86. The highest BCUT2D eigenvalue weighted by Gasteiger charge is 2.22. The van der Waals surface area contributed by atoms with E-state index in [0.29, 0.717) is 0 Å². The monoisotopic (exact) mass is 233 g/mol. The number of thiophene rings is 1. The molecule has 0 radical (unpaired) electrons. The minimum Gasteiger partial charge on any atom is -0.294 e. The lowest BCUT2D eigenvalue weighted by Gasteiger charge is -2.03. The summed E-state index contributed by atoms with van der Waals surface area (Å²) in [5.41, 5.74) is 0.201. The van der Waals surface area contributed by atoms with Crippen LogP contribution in [0.1, 0.15) is 24.2 Å². The van der Waals surface area contributed by atoms with Crippen LogP contribution in [0.3, 0.4) is 0 Å². The van der Waals surface area contributed by atoms with Gasteiger partial charge in [0, 0.05) is 11.5 Å². The molecule has 0 amide bonds. The number of carbonyl (C=O) groups is 1. The van der Waals surface area contributed by atoms with Gasteiger partial charge in [-0.3, -0.25) is 4.79 Å². The molecule has 4 nitrogen and oxygen atoms in total. The highest BCUT2D eigenvalue weighted by Crippen LogP contribution is 2.23. The van der Waals surface area contributed by atoms with E-state index in [1.54, 1.807) is 19.2 Å². The normalized spacial score (nSPS) is 12.0. The fourth-order valence-corrected chi connectivity index (χ4v) is 2.81. The second kappa shape index (κ2) is 3.80.